The van der Waals surface area contributed by atoms with Gasteiger partial charge in [0.25, 0.3) is 0 Å². The summed E-state index contributed by atoms with van der Waals surface area (Å²) in [6, 6.07) is 6.60. The first-order valence-electron chi connectivity index (χ1n) is 9.48. The highest BCUT2D eigenvalue weighted by molar-refractivity contribution is 5.85. The number of benzene rings is 2. The van der Waals surface area contributed by atoms with Gasteiger partial charge in [0.05, 0.1) is 16.6 Å². The zero-order valence-corrected chi connectivity index (χ0v) is 17.0. The van der Waals surface area contributed by atoms with E-state index in [9.17, 15) is 35.9 Å². The molecule has 0 saturated carbocycles. The average Bonchev–Trinajstić information content (AvgIpc) is 3.12. The van der Waals surface area contributed by atoms with Gasteiger partial charge >= 0.3 is 18.3 Å². The number of para-hydroxylation sites is 1. The van der Waals surface area contributed by atoms with E-state index in [1.807, 2.05) is 0 Å². The molecule has 3 rings (SSSR count). The van der Waals surface area contributed by atoms with Gasteiger partial charge in [0.1, 0.15) is 12.6 Å². The van der Waals surface area contributed by atoms with Crippen LogP contribution in [0.3, 0.4) is 0 Å². The van der Waals surface area contributed by atoms with E-state index in [0.717, 1.165) is 6.92 Å². The highest BCUT2D eigenvalue weighted by Gasteiger charge is 2.37. The number of aromatic amines is 1. The number of halogens is 6. The molecule has 0 bridgehead atoms. The molecule has 6 nitrogen and oxygen atoms in total. The number of nitrogens with one attached hydrogen (secondary N) is 2. The van der Waals surface area contributed by atoms with Gasteiger partial charge in [-0.2, -0.15) is 31.4 Å². The maximum Gasteiger partial charge on any atom is 0.416 e. The van der Waals surface area contributed by atoms with E-state index in [0.29, 0.717) is 28.7 Å². The lowest BCUT2D eigenvalue weighted by Gasteiger charge is -2.18. The number of hydrogen-bond donors (Lipinski definition) is 2. The Bertz CT molecular complexity index is 1140. The molecule has 0 aliphatic heterocycles. The fourth-order valence-electron chi connectivity index (χ4n) is 3.17. The number of carbonyl (C=O) groups excluding carboxylic acids is 2. The molecule has 2 aromatic carbocycles. The second kappa shape index (κ2) is 9.12. The molecule has 0 radical (unpaired) electrons. The van der Waals surface area contributed by atoms with Gasteiger partial charge in [-0.15, -0.1) is 0 Å². The minimum Gasteiger partial charge on any atom is -0.459 e. The predicted molar refractivity (Wildman–Crippen MR) is 104 cm³/mol. The van der Waals surface area contributed by atoms with Crippen molar-refractivity contribution in [2.45, 2.75) is 38.3 Å². The molecule has 12 heteroatoms. The summed E-state index contributed by atoms with van der Waals surface area (Å²) >= 11 is 0. The molecule has 1 atom stereocenters. The lowest BCUT2D eigenvalue weighted by molar-refractivity contribution is -0.149. The number of esters is 1. The van der Waals surface area contributed by atoms with E-state index in [2.05, 4.69) is 15.5 Å². The van der Waals surface area contributed by atoms with Crippen molar-refractivity contribution < 1.29 is 40.7 Å². The number of fused-ring (bicyclic) bond motifs is 1. The largest absolute Gasteiger partial charge is 0.459 e. The van der Waals surface area contributed by atoms with Crippen molar-refractivity contribution in [3.63, 3.8) is 0 Å². The van der Waals surface area contributed by atoms with Gasteiger partial charge < -0.3 is 10.1 Å². The van der Waals surface area contributed by atoms with Crippen molar-refractivity contribution in [1.82, 2.24) is 15.5 Å². The van der Waals surface area contributed by atoms with Gasteiger partial charge in [-0.1, -0.05) is 18.2 Å². The summed E-state index contributed by atoms with van der Waals surface area (Å²) in [5.74, 6) is -1.62. The maximum absolute atomic E-state index is 13.0. The smallest absolute Gasteiger partial charge is 0.416 e. The molecular formula is C21H17F6N3O3. The van der Waals surface area contributed by atoms with Gasteiger partial charge in [-0.3, -0.25) is 9.89 Å². The van der Waals surface area contributed by atoms with Crippen LogP contribution in [0.5, 0.6) is 0 Å². The minimum absolute atomic E-state index is 0.0191. The monoisotopic (exact) mass is 473 g/mol. The molecule has 1 heterocycles. The Balaban J connectivity index is 1.81. The van der Waals surface area contributed by atoms with Crippen LogP contribution in [0.1, 0.15) is 29.3 Å². The Morgan fingerprint density at radius 2 is 1.64 bits per heavy atom. The van der Waals surface area contributed by atoms with E-state index in [1.165, 1.54) is 0 Å². The number of aromatic nitrogens is 2. The molecule has 0 spiro atoms. The van der Waals surface area contributed by atoms with Crippen LogP contribution >= 0.6 is 0 Å². The molecule has 1 amide bonds. The molecule has 0 unspecified atom stereocenters. The third-order valence-electron chi connectivity index (χ3n) is 4.64. The molecule has 0 aliphatic carbocycles. The summed E-state index contributed by atoms with van der Waals surface area (Å²) in [4.78, 5) is 24.1. The number of hydrogen-bond acceptors (Lipinski definition) is 4. The van der Waals surface area contributed by atoms with Crippen molar-refractivity contribution in [1.29, 1.82) is 0 Å². The molecule has 2 N–H and O–H groups in total. The average molecular weight is 473 g/mol. The second-order valence-corrected chi connectivity index (χ2v) is 7.20. The van der Waals surface area contributed by atoms with E-state index >= 15 is 0 Å². The molecule has 33 heavy (non-hydrogen) atoms. The fourth-order valence-corrected chi connectivity index (χ4v) is 3.17. The molecular weight excluding hydrogens is 456 g/mol. The van der Waals surface area contributed by atoms with Crippen LogP contribution in [-0.2, 0) is 39.7 Å². The summed E-state index contributed by atoms with van der Waals surface area (Å²) in [6.07, 6.45) is -10.1. The van der Waals surface area contributed by atoms with Gasteiger partial charge in [0.2, 0.25) is 5.91 Å². The summed E-state index contributed by atoms with van der Waals surface area (Å²) in [5.41, 5.74) is -2.46. The second-order valence-electron chi connectivity index (χ2n) is 7.20. The molecule has 0 aliphatic rings. The van der Waals surface area contributed by atoms with Crippen molar-refractivity contribution in [3.05, 3.63) is 64.8 Å². The third-order valence-corrected chi connectivity index (χ3v) is 4.64. The van der Waals surface area contributed by atoms with E-state index in [4.69, 9.17) is 4.74 Å². The molecule has 0 fully saturated rings. The zero-order valence-electron chi connectivity index (χ0n) is 17.0. The minimum atomic E-state index is -5.03. The van der Waals surface area contributed by atoms with Crippen LogP contribution in [0.2, 0.25) is 0 Å². The van der Waals surface area contributed by atoms with Crippen LogP contribution < -0.4 is 5.32 Å². The highest BCUT2D eigenvalue weighted by atomic mass is 19.4. The van der Waals surface area contributed by atoms with Crippen molar-refractivity contribution in [3.8, 4) is 0 Å². The van der Waals surface area contributed by atoms with Crippen LogP contribution in [0.15, 0.2) is 42.5 Å². The number of nitrogens with zero attached hydrogens (tertiary/aromatic N) is 1. The normalized spacial score (nSPS) is 13.1. The van der Waals surface area contributed by atoms with Crippen LogP contribution in [-0.4, -0.2) is 28.1 Å². The molecule has 176 valence electrons. The fraction of sp³-hybridized carbons (Fsp3) is 0.286. The van der Waals surface area contributed by atoms with Crippen LogP contribution in [0.25, 0.3) is 10.9 Å². The van der Waals surface area contributed by atoms with Crippen molar-refractivity contribution in [2.24, 2.45) is 0 Å². The van der Waals surface area contributed by atoms with Gasteiger partial charge in [-0.05, 0) is 29.8 Å². The number of carbonyl (C=O) groups is 2. The quantitative estimate of drug-likeness (QED) is 0.411. The SMILES string of the molecule is CC(=O)N[C@H](Cc1[nH]nc2ccccc12)C(=O)OCc1cc(C(F)(F)F)cc(C(F)(F)F)c1. The van der Waals surface area contributed by atoms with Crippen LogP contribution in [0, 0.1) is 0 Å². The van der Waals surface area contributed by atoms with Crippen molar-refractivity contribution in [2.75, 3.05) is 0 Å². The lowest BCUT2D eigenvalue weighted by atomic mass is 10.0. The lowest BCUT2D eigenvalue weighted by Crippen LogP contribution is -2.42. The third kappa shape index (κ3) is 6.02. The first-order valence-corrected chi connectivity index (χ1v) is 9.48. The number of H-pyrrole nitrogens is 1. The first-order chi connectivity index (χ1) is 15.3. The molecule has 0 saturated heterocycles. The highest BCUT2D eigenvalue weighted by Crippen LogP contribution is 2.36. The van der Waals surface area contributed by atoms with Gasteiger partial charge in [0.15, 0.2) is 0 Å². The summed E-state index contributed by atoms with van der Waals surface area (Å²) < 4.78 is 83.0. The summed E-state index contributed by atoms with van der Waals surface area (Å²) in [6.45, 7) is 0.291. The topological polar surface area (TPSA) is 84.1 Å². The van der Waals surface area contributed by atoms with Gasteiger partial charge in [-0.25, -0.2) is 4.79 Å². The van der Waals surface area contributed by atoms with E-state index in [1.54, 1.807) is 24.3 Å². The van der Waals surface area contributed by atoms with E-state index in [-0.39, 0.29) is 12.5 Å². The standard InChI is InChI=1S/C21H17F6N3O3/c1-11(31)28-18(9-17-15-4-2-3-5-16(15)29-30-17)19(32)33-10-12-6-13(20(22,23)24)8-14(7-12)21(25,26)27/h2-8,18H,9-10H2,1H3,(H,28,31)(H,29,30)/t18-/m1/s1. The number of alkyl halides is 6. The Labute approximate surface area is 182 Å². The van der Waals surface area contributed by atoms with Crippen LogP contribution in [0.4, 0.5) is 26.3 Å². The predicted octanol–water partition coefficient (Wildman–Crippen LogP) is 4.39. The number of rotatable bonds is 6. The number of amides is 1. The summed E-state index contributed by atoms with van der Waals surface area (Å²) in [5, 5.41) is 9.84. The zero-order chi connectivity index (χ0) is 24.4. The first kappa shape index (κ1) is 24.1. The molecule has 3 aromatic rings. The van der Waals surface area contributed by atoms with Gasteiger partial charge in [0, 0.05) is 24.4 Å². The molecule has 1 aromatic heterocycles. The maximum atomic E-state index is 13.0. The Hall–Kier alpha value is -3.57. The summed E-state index contributed by atoms with van der Waals surface area (Å²) in [7, 11) is 0. The van der Waals surface area contributed by atoms with E-state index < -0.39 is 53.6 Å². The Kier molecular flexibility index (Phi) is 6.65. The number of ether oxygens (including phenoxy) is 1. The Morgan fingerprint density at radius 3 is 2.21 bits per heavy atom. The van der Waals surface area contributed by atoms with Crippen molar-refractivity contribution >= 4 is 22.8 Å². The Morgan fingerprint density at radius 1 is 1.03 bits per heavy atom.